The monoisotopic (exact) mass is 281 g/mol. The number of rotatable bonds is 3. The zero-order chi connectivity index (χ0) is 14.3. The lowest BCUT2D eigenvalue weighted by Crippen LogP contribution is -2.19. The van der Waals surface area contributed by atoms with Crippen LogP contribution in [-0.4, -0.2) is 17.8 Å². The minimum Gasteiger partial charge on any atom is -0.482 e. The average molecular weight is 281 g/mol. The second kappa shape index (κ2) is 4.65. The lowest BCUT2D eigenvalue weighted by molar-refractivity contribution is -0.153. The summed E-state index contributed by atoms with van der Waals surface area (Å²) in [6.45, 7) is 0.875. The van der Waals surface area contributed by atoms with Crippen LogP contribution in [-0.2, 0) is 0 Å². The van der Waals surface area contributed by atoms with Crippen molar-refractivity contribution in [2.24, 2.45) is 5.92 Å². The number of fused-ring (bicyclic) bond motifs is 1. The van der Waals surface area contributed by atoms with Crippen LogP contribution in [0.1, 0.15) is 24.8 Å². The van der Waals surface area contributed by atoms with Crippen molar-refractivity contribution in [2.75, 3.05) is 6.61 Å². The van der Waals surface area contributed by atoms with Crippen LogP contribution in [0.5, 0.6) is 5.75 Å². The molecule has 1 fully saturated rings. The Morgan fingerprint density at radius 1 is 1.30 bits per heavy atom. The molecule has 0 N–H and O–H groups in total. The molecule has 20 heavy (non-hydrogen) atoms. The highest BCUT2D eigenvalue weighted by Gasteiger charge is 2.34. The number of halogens is 3. The van der Waals surface area contributed by atoms with Crippen LogP contribution in [0, 0.1) is 5.92 Å². The molecule has 0 aliphatic heterocycles. The van der Waals surface area contributed by atoms with E-state index in [1.807, 2.05) is 18.2 Å². The maximum absolute atomic E-state index is 12.3. The smallest absolute Gasteiger partial charge is 0.422 e. The molecule has 3 rings (SSSR count). The van der Waals surface area contributed by atoms with Gasteiger partial charge in [-0.3, -0.25) is 4.98 Å². The van der Waals surface area contributed by atoms with Crippen molar-refractivity contribution in [3.05, 3.63) is 36.2 Å². The Kier molecular flexibility index (Phi) is 3.07. The van der Waals surface area contributed by atoms with Crippen LogP contribution in [0.15, 0.2) is 30.6 Å². The van der Waals surface area contributed by atoms with Gasteiger partial charge in [0.25, 0.3) is 0 Å². The second-order valence-corrected chi connectivity index (χ2v) is 5.34. The standard InChI is InChI=1S/C15H14F3NO/c1-9-4-12(9)10-2-3-11-6-19-7-14(13(11)5-10)20-8-15(16,17)18/h2-3,5-7,9,12H,4,8H2,1H3/t9-,12-/m0/s1. The highest BCUT2D eigenvalue weighted by atomic mass is 19.4. The maximum Gasteiger partial charge on any atom is 0.422 e. The number of aromatic nitrogens is 1. The fourth-order valence-electron chi connectivity index (χ4n) is 2.45. The molecule has 0 amide bonds. The molecule has 0 saturated heterocycles. The Balaban J connectivity index is 1.94. The van der Waals surface area contributed by atoms with E-state index < -0.39 is 12.8 Å². The topological polar surface area (TPSA) is 22.1 Å². The third kappa shape index (κ3) is 2.71. The number of pyridine rings is 1. The molecule has 1 heterocycles. The van der Waals surface area contributed by atoms with Crippen LogP contribution in [0.3, 0.4) is 0 Å². The van der Waals surface area contributed by atoms with Gasteiger partial charge in [-0.25, -0.2) is 0 Å². The fraction of sp³-hybridized carbons (Fsp3) is 0.400. The van der Waals surface area contributed by atoms with Crippen molar-refractivity contribution >= 4 is 10.8 Å². The first-order valence-corrected chi connectivity index (χ1v) is 6.51. The first-order valence-electron chi connectivity index (χ1n) is 6.51. The van der Waals surface area contributed by atoms with Crippen LogP contribution in [0.4, 0.5) is 13.2 Å². The zero-order valence-corrected chi connectivity index (χ0v) is 10.9. The minimum atomic E-state index is -4.34. The predicted molar refractivity (Wildman–Crippen MR) is 69.8 cm³/mol. The number of nitrogens with zero attached hydrogens (tertiary/aromatic N) is 1. The van der Waals surface area contributed by atoms with Crippen molar-refractivity contribution in [3.8, 4) is 5.75 Å². The summed E-state index contributed by atoms with van der Waals surface area (Å²) < 4.78 is 41.7. The molecule has 2 nitrogen and oxygen atoms in total. The highest BCUT2D eigenvalue weighted by Crippen LogP contribution is 2.47. The Morgan fingerprint density at radius 2 is 2.05 bits per heavy atom. The van der Waals surface area contributed by atoms with Crippen LogP contribution < -0.4 is 4.74 Å². The number of benzene rings is 1. The molecule has 106 valence electrons. The molecule has 1 saturated carbocycles. The van der Waals surface area contributed by atoms with Crippen LogP contribution >= 0.6 is 0 Å². The summed E-state index contributed by atoms with van der Waals surface area (Å²) in [4.78, 5) is 3.93. The summed E-state index contributed by atoms with van der Waals surface area (Å²) in [5.41, 5.74) is 1.16. The Morgan fingerprint density at radius 3 is 2.70 bits per heavy atom. The molecule has 1 aromatic heterocycles. The Bertz CT molecular complexity index is 639. The first-order chi connectivity index (χ1) is 9.44. The molecule has 0 unspecified atom stereocenters. The zero-order valence-electron chi connectivity index (χ0n) is 10.9. The van der Waals surface area contributed by atoms with Crippen molar-refractivity contribution in [3.63, 3.8) is 0 Å². The Labute approximate surface area is 114 Å². The largest absolute Gasteiger partial charge is 0.482 e. The minimum absolute atomic E-state index is 0.190. The van der Waals surface area contributed by atoms with Crippen molar-refractivity contribution < 1.29 is 17.9 Å². The van der Waals surface area contributed by atoms with Crippen LogP contribution in [0.25, 0.3) is 10.8 Å². The van der Waals surface area contributed by atoms with Crippen molar-refractivity contribution in [1.82, 2.24) is 4.98 Å². The number of ether oxygens (including phenoxy) is 1. The number of hydrogen-bond donors (Lipinski definition) is 0. The molecular weight excluding hydrogens is 267 g/mol. The van der Waals surface area contributed by atoms with Crippen molar-refractivity contribution in [1.29, 1.82) is 0 Å². The van der Waals surface area contributed by atoms with Gasteiger partial charge in [0.15, 0.2) is 6.61 Å². The first kappa shape index (κ1) is 13.2. The fourth-order valence-corrected chi connectivity index (χ4v) is 2.45. The molecular formula is C15H14F3NO. The van der Waals surface area contributed by atoms with E-state index in [9.17, 15) is 13.2 Å². The van der Waals surface area contributed by atoms with Gasteiger partial charge in [-0.05, 0) is 29.9 Å². The van der Waals surface area contributed by atoms with E-state index in [2.05, 4.69) is 11.9 Å². The summed E-state index contributed by atoms with van der Waals surface area (Å²) in [7, 11) is 0. The quantitative estimate of drug-likeness (QED) is 0.836. The summed E-state index contributed by atoms with van der Waals surface area (Å²) >= 11 is 0. The van der Waals surface area contributed by atoms with Gasteiger partial charge in [-0.2, -0.15) is 13.2 Å². The summed E-state index contributed by atoms with van der Waals surface area (Å²) in [5, 5.41) is 1.49. The molecule has 1 aromatic carbocycles. The normalized spacial score (nSPS) is 22.0. The molecule has 5 heteroatoms. The highest BCUT2D eigenvalue weighted by molar-refractivity contribution is 5.88. The van der Waals surface area contributed by atoms with Gasteiger partial charge in [-0.15, -0.1) is 0 Å². The van der Waals surface area contributed by atoms with Gasteiger partial charge >= 0.3 is 6.18 Å². The van der Waals surface area contributed by atoms with Gasteiger partial charge in [0.05, 0.1) is 6.20 Å². The van der Waals surface area contributed by atoms with Gasteiger partial charge < -0.3 is 4.74 Å². The summed E-state index contributed by atoms with van der Waals surface area (Å²) in [6.07, 6.45) is -0.232. The summed E-state index contributed by atoms with van der Waals surface area (Å²) in [6, 6.07) is 5.84. The third-order valence-electron chi connectivity index (χ3n) is 3.68. The lowest BCUT2D eigenvalue weighted by Gasteiger charge is -2.11. The summed E-state index contributed by atoms with van der Waals surface area (Å²) in [5.74, 6) is 1.35. The third-order valence-corrected chi connectivity index (χ3v) is 3.68. The van der Waals surface area contributed by atoms with Gasteiger partial charge in [0.1, 0.15) is 5.75 Å². The van der Waals surface area contributed by atoms with Crippen LogP contribution in [0.2, 0.25) is 0 Å². The van der Waals surface area contributed by atoms with Crippen molar-refractivity contribution in [2.45, 2.75) is 25.4 Å². The second-order valence-electron chi connectivity index (χ2n) is 5.34. The Hall–Kier alpha value is -1.78. The molecule has 0 spiro atoms. The molecule has 0 bridgehead atoms. The molecule has 1 aliphatic rings. The van der Waals surface area contributed by atoms with E-state index in [0.717, 1.165) is 17.4 Å². The molecule has 2 atom stereocenters. The SMILES string of the molecule is C[C@H]1C[C@@H]1c1ccc2cncc(OCC(F)(F)F)c2c1. The lowest BCUT2D eigenvalue weighted by atomic mass is 10.0. The maximum atomic E-state index is 12.3. The van der Waals surface area contributed by atoms with E-state index in [1.165, 1.54) is 6.20 Å². The van der Waals surface area contributed by atoms with E-state index in [-0.39, 0.29) is 5.75 Å². The predicted octanol–water partition coefficient (Wildman–Crippen LogP) is 4.30. The van der Waals surface area contributed by atoms with Gasteiger partial charge in [0, 0.05) is 17.0 Å². The average Bonchev–Trinajstić information content (AvgIpc) is 3.12. The molecule has 1 aliphatic carbocycles. The number of hydrogen-bond acceptors (Lipinski definition) is 2. The molecule has 2 aromatic rings. The van der Waals surface area contributed by atoms with E-state index >= 15 is 0 Å². The molecule has 0 radical (unpaired) electrons. The van der Waals surface area contributed by atoms with E-state index in [0.29, 0.717) is 17.2 Å². The van der Waals surface area contributed by atoms with E-state index in [1.54, 1.807) is 6.20 Å². The van der Waals surface area contributed by atoms with E-state index in [4.69, 9.17) is 4.74 Å². The van der Waals surface area contributed by atoms with Gasteiger partial charge in [0.2, 0.25) is 0 Å². The van der Waals surface area contributed by atoms with Gasteiger partial charge in [-0.1, -0.05) is 19.1 Å². The number of alkyl halides is 3.